The van der Waals surface area contributed by atoms with Crippen LogP contribution in [-0.2, 0) is 9.59 Å². The van der Waals surface area contributed by atoms with Crippen LogP contribution in [0.3, 0.4) is 0 Å². The van der Waals surface area contributed by atoms with E-state index in [4.69, 9.17) is 0 Å². The summed E-state index contributed by atoms with van der Waals surface area (Å²) in [5, 5.41) is 2.94. The molecule has 0 saturated carbocycles. The monoisotopic (exact) mass is 349 g/mol. The number of rotatable bonds is 6. The molecule has 2 rings (SSSR count). The highest BCUT2D eigenvalue weighted by Gasteiger charge is 2.26. The van der Waals surface area contributed by atoms with Crippen LogP contribution in [0.1, 0.15) is 26.2 Å². The van der Waals surface area contributed by atoms with Crippen LogP contribution in [0.15, 0.2) is 29.2 Å². The normalized spacial score (nSPS) is 16.1. The lowest BCUT2D eigenvalue weighted by atomic mass is 10.1. The number of likely N-dealkylation sites (tertiary alicyclic amines) is 1. The zero-order valence-corrected chi connectivity index (χ0v) is 15.6. The number of hydrogen-bond acceptors (Lipinski definition) is 4. The average molecular weight is 350 g/mol. The van der Waals surface area contributed by atoms with Crippen molar-refractivity contribution >= 4 is 29.3 Å². The van der Waals surface area contributed by atoms with Gasteiger partial charge in [-0.1, -0.05) is 12.1 Å². The molecule has 1 aromatic rings. The molecule has 1 N–H and O–H groups in total. The van der Waals surface area contributed by atoms with E-state index < -0.39 is 0 Å². The number of carbonyl (C=O) groups is 2. The third-order valence-corrected chi connectivity index (χ3v) is 5.26. The van der Waals surface area contributed by atoms with E-state index in [1.807, 2.05) is 54.3 Å². The minimum Gasteiger partial charge on any atom is -0.341 e. The second-order valence-corrected chi connectivity index (χ2v) is 7.07. The molecule has 6 heteroatoms. The van der Waals surface area contributed by atoms with Crippen LogP contribution in [0.4, 0.5) is 5.69 Å². The number of thioether (sulfide) groups is 1. The molecule has 1 heterocycles. The SMILES string of the molecule is CSc1ccccc1NC(=O)CN(C)C(C)C(=O)N1CCCCC1. The molecule has 1 saturated heterocycles. The molecule has 0 radical (unpaired) electrons. The van der Waals surface area contributed by atoms with Gasteiger partial charge in [0.25, 0.3) is 0 Å². The number of hydrogen-bond donors (Lipinski definition) is 1. The number of nitrogens with zero attached hydrogens (tertiary/aromatic N) is 2. The summed E-state index contributed by atoms with van der Waals surface area (Å²) in [6, 6.07) is 7.44. The molecule has 0 bridgehead atoms. The Balaban J connectivity index is 1.89. The Morgan fingerprint density at radius 2 is 1.92 bits per heavy atom. The first-order valence-corrected chi connectivity index (χ1v) is 9.67. The average Bonchev–Trinajstić information content (AvgIpc) is 2.61. The van der Waals surface area contributed by atoms with E-state index in [9.17, 15) is 9.59 Å². The Morgan fingerprint density at radius 3 is 2.58 bits per heavy atom. The first-order chi connectivity index (χ1) is 11.5. The van der Waals surface area contributed by atoms with Crippen LogP contribution >= 0.6 is 11.8 Å². The molecule has 0 aliphatic carbocycles. The molecule has 1 atom stereocenters. The first-order valence-electron chi connectivity index (χ1n) is 8.45. The lowest BCUT2D eigenvalue weighted by molar-refractivity contribution is -0.137. The van der Waals surface area contributed by atoms with Crippen molar-refractivity contribution in [2.45, 2.75) is 37.1 Å². The van der Waals surface area contributed by atoms with Gasteiger partial charge in [0.1, 0.15) is 0 Å². The van der Waals surface area contributed by atoms with Gasteiger partial charge in [0.05, 0.1) is 18.3 Å². The zero-order chi connectivity index (χ0) is 17.5. The molecular weight excluding hydrogens is 322 g/mol. The van der Waals surface area contributed by atoms with Crippen molar-refractivity contribution in [3.05, 3.63) is 24.3 Å². The number of piperidine rings is 1. The lowest BCUT2D eigenvalue weighted by Crippen LogP contribution is -2.49. The summed E-state index contributed by atoms with van der Waals surface area (Å²) in [6.07, 6.45) is 5.34. The molecule has 2 amide bonds. The number of carbonyl (C=O) groups excluding carboxylic acids is 2. The standard InChI is InChI=1S/C18H27N3O2S/c1-14(18(23)21-11-7-4-8-12-21)20(2)13-17(22)19-15-9-5-6-10-16(15)24-3/h5-6,9-10,14H,4,7-8,11-13H2,1-3H3,(H,19,22). The van der Waals surface area contributed by atoms with E-state index in [1.54, 1.807) is 11.8 Å². The number of likely N-dealkylation sites (N-methyl/N-ethyl adjacent to an activating group) is 1. The topological polar surface area (TPSA) is 52.7 Å². The number of amides is 2. The van der Waals surface area contributed by atoms with Crippen LogP contribution in [0.2, 0.25) is 0 Å². The quantitative estimate of drug-likeness (QED) is 0.802. The lowest BCUT2D eigenvalue weighted by Gasteiger charge is -2.32. The third kappa shape index (κ3) is 4.98. The second-order valence-electron chi connectivity index (χ2n) is 6.23. The number of nitrogens with one attached hydrogen (secondary N) is 1. The van der Waals surface area contributed by atoms with Gasteiger partial charge < -0.3 is 10.2 Å². The van der Waals surface area contributed by atoms with E-state index in [-0.39, 0.29) is 24.4 Å². The molecule has 0 spiro atoms. The van der Waals surface area contributed by atoms with Crippen LogP contribution in [0.5, 0.6) is 0 Å². The largest absolute Gasteiger partial charge is 0.341 e. The van der Waals surface area contributed by atoms with Gasteiger partial charge in [0, 0.05) is 18.0 Å². The van der Waals surface area contributed by atoms with Crippen molar-refractivity contribution < 1.29 is 9.59 Å². The predicted molar refractivity (Wildman–Crippen MR) is 99.4 cm³/mol. The zero-order valence-electron chi connectivity index (χ0n) is 14.7. The van der Waals surface area contributed by atoms with Gasteiger partial charge in [-0.15, -0.1) is 11.8 Å². The molecular formula is C18H27N3O2S. The van der Waals surface area contributed by atoms with Gasteiger partial charge in [-0.2, -0.15) is 0 Å². The van der Waals surface area contributed by atoms with Gasteiger partial charge in [0.15, 0.2) is 0 Å². The molecule has 1 aliphatic heterocycles. The van der Waals surface area contributed by atoms with Gasteiger partial charge in [-0.05, 0) is 51.6 Å². The molecule has 24 heavy (non-hydrogen) atoms. The summed E-state index contributed by atoms with van der Waals surface area (Å²) in [7, 11) is 1.83. The second kappa shape index (κ2) is 9.08. The van der Waals surface area contributed by atoms with E-state index >= 15 is 0 Å². The van der Waals surface area contributed by atoms with Crippen molar-refractivity contribution in [2.24, 2.45) is 0 Å². The number of benzene rings is 1. The Kier molecular flexibility index (Phi) is 7.12. The van der Waals surface area contributed by atoms with Crippen molar-refractivity contribution in [2.75, 3.05) is 38.3 Å². The maximum absolute atomic E-state index is 12.5. The molecule has 1 aliphatic rings. The summed E-state index contributed by atoms with van der Waals surface area (Å²) in [6.45, 7) is 3.75. The number of para-hydroxylation sites is 1. The third-order valence-electron chi connectivity index (χ3n) is 4.46. The summed E-state index contributed by atoms with van der Waals surface area (Å²) in [4.78, 5) is 29.6. The Bertz CT molecular complexity index is 573. The molecule has 1 fully saturated rings. The van der Waals surface area contributed by atoms with E-state index in [0.717, 1.165) is 36.5 Å². The van der Waals surface area contributed by atoms with Crippen LogP contribution < -0.4 is 5.32 Å². The van der Waals surface area contributed by atoms with Crippen molar-refractivity contribution in [3.8, 4) is 0 Å². The van der Waals surface area contributed by atoms with Gasteiger partial charge in [0.2, 0.25) is 11.8 Å². The number of anilines is 1. The van der Waals surface area contributed by atoms with Crippen LogP contribution in [-0.4, -0.2) is 60.6 Å². The minimum atomic E-state index is -0.287. The Morgan fingerprint density at radius 1 is 1.25 bits per heavy atom. The fourth-order valence-electron chi connectivity index (χ4n) is 2.87. The van der Waals surface area contributed by atoms with Gasteiger partial charge in [-0.25, -0.2) is 0 Å². The van der Waals surface area contributed by atoms with E-state index in [0.29, 0.717) is 0 Å². The Labute approximate surface area is 148 Å². The first kappa shape index (κ1) is 18.8. The Hall–Kier alpha value is -1.53. The van der Waals surface area contributed by atoms with Gasteiger partial charge >= 0.3 is 0 Å². The highest BCUT2D eigenvalue weighted by Crippen LogP contribution is 2.24. The fourth-order valence-corrected chi connectivity index (χ4v) is 3.42. The fraction of sp³-hybridized carbons (Fsp3) is 0.556. The maximum atomic E-state index is 12.5. The summed E-state index contributed by atoms with van der Waals surface area (Å²) in [5.74, 6) is 0.0202. The molecule has 1 unspecified atom stereocenters. The van der Waals surface area contributed by atoms with Crippen molar-refractivity contribution in [3.63, 3.8) is 0 Å². The van der Waals surface area contributed by atoms with Crippen molar-refractivity contribution in [1.82, 2.24) is 9.80 Å². The minimum absolute atomic E-state index is 0.0997. The van der Waals surface area contributed by atoms with Crippen LogP contribution in [0.25, 0.3) is 0 Å². The summed E-state index contributed by atoms with van der Waals surface area (Å²) >= 11 is 1.60. The van der Waals surface area contributed by atoms with E-state index in [2.05, 4.69) is 5.32 Å². The summed E-state index contributed by atoms with van der Waals surface area (Å²) < 4.78 is 0. The molecule has 132 valence electrons. The maximum Gasteiger partial charge on any atom is 0.239 e. The van der Waals surface area contributed by atoms with Crippen molar-refractivity contribution in [1.29, 1.82) is 0 Å². The smallest absolute Gasteiger partial charge is 0.239 e. The highest BCUT2D eigenvalue weighted by atomic mass is 32.2. The van der Waals surface area contributed by atoms with E-state index in [1.165, 1.54) is 6.42 Å². The summed E-state index contributed by atoms with van der Waals surface area (Å²) in [5.41, 5.74) is 0.818. The molecule has 5 nitrogen and oxygen atoms in total. The molecule has 1 aromatic carbocycles. The molecule has 0 aromatic heterocycles. The van der Waals surface area contributed by atoms with Gasteiger partial charge in [-0.3, -0.25) is 14.5 Å². The highest BCUT2D eigenvalue weighted by molar-refractivity contribution is 7.98. The van der Waals surface area contributed by atoms with Crippen LogP contribution in [0, 0.1) is 0 Å². The predicted octanol–water partition coefficient (Wildman–Crippen LogP) is 2.68.